The van der Waals surface area contributed by atoms with Gasteiger partial charge in [0, 0.05) is 38.6 Å². The van der Waals surface area contributed by atoms with Crippen LogP contribution in [0.25, 0.3) is 0 Å². The van der Waals surface area contributed by atoms with E-state index in [9.17, 15) is 4.79 Å². The van der Waals surface area contributed by atoms with Crippen LogP contribution < -0.4 is 10.2 Å². The highest BCUT2D eigenvalue weighted by atomic mass is 35.5. The molecule has 3 rings (SSSR count). The lowest BCUT2D eigenvalue weighted by Crippen LogP contribution is -2.45. The molecule has 1 N–H and O–H groups in total. The Bertz CT molecular complexity index is 693. The molecule has 1 fully saturated rings. The number of hydrogen-bond acceptors (Lipinski definition) is 5. The van der Waals surface area contributed by atoms with Crippen molar-refractivity contribution in [2.45, 2.75) is 25.8 Å². The van der Waals surface area contributed by atoms with Gasteiger partial charge in [0.1, 0.15) is 11.5 Å². The molecule has 0 bridgehead atoms. The normalized spacial score (nSPS) is 15.7. The third-order valence-electron chi connectivity index (χ3n) is 4.07. The lowest BCUT2D eigenvalue weighted by Gasteiger charge is -2.32. The molecule has 23 heavy (non-hydrogen) atoms. The first-order chi connectivity index (χ1) is 11.1. The Morgan fingerprint density at radius 3 is 2.65 bits per heavy atom. The average molecular weight is 335 g/mol. The fourth-order valence-electron chi connectivity index (χ4n) is 2.84. The average Bonchev–Trinajstić information content (AvgIpc) is 2.81. The van der Waals surface area contributed by atoms with Gasteiger partial charge in [-0.2, -0.15) is 5.10 Å². The molecule has 2 aromatic rings. The summed E-state index contributed by atoms with van der Waals surface area (Å²) < 4.78 is 1.53. The number of aromatic nitrogens is 4. The Labute approximate surface area is 139 Å². The quantitative estimate of drug-likeness (QED) is 0.922. The number of piperidine rings is 1. The topological polar surface area (TPSA) is 75.9 Å². The van der Waals surface area contributed by atoms with Gasteiger partial charge in [0.15, 0.2) is 0 Å². The molecule has 0 spiro atoms. The van der Waals surface area contributed by atoms with Gasteiger partial charge >= 0.3 is 0 Å². The first-order valence-corrected chi connectivity index (χ1v) is 7.95. The molecule has 8 heteroatoms. The van der Waals surface area contributed by atoms with E-state index < -0.39 is 0 Å². The lowest BCUT2D eigenvalue weighted by atomic mass is 10.0. The molecule has 0 aliphatic carbocycles. The monoisotopic (exact) mass is 334 g/mol. The highest BCUT2D eigenvalue weighted by Gasteiger charge is 2.25. The fourth-order valence-corrected chi connectivity index (χ4v) is 3.09. The zero-order valence-electron chi connectivity index (χ0n) is 13.2. The molecule has 0 aromatic carbocycles. The van der Waals surface area contributed by atoms with Crippen molar-refractivity contribution in [3.8, 4) is 0 Å². The molecular weight excluding hydrogens is 316 g/mol. The SMILES string of the molecule is Cc1nn(C)c(C(=O)NC2CCN(c3cnccn3)CC2)c1Cl. The summed E-state index contributed by atoms with van der Waals surface area (Å²) in [5, 5.41) is 7.65. The fraction of sp³-hybridized carbons (Fsp3) is 0.467. The van der Waals surface area contributed by atoms with Crippen LogP contribution in [-0.2, 0) is 7.05 Å². The van der Waals surface area contributed by atoms with Gasteiger partial charge in [-0.05, 0) is 19.8 Å². The molecule has 1 aliphatic heterocycles. The summed E-state index contributed by atoms with van der Waals surface area (Å²) in [5.41, 5.74) is 1.08. The van der Waals surface area contributed by atoms with Gasteiger partial charge in [-0.3, -0.25) is 14.5 Å². The minimum Gasteiger partial charge on any atom is -0.355 e. The predicted molar refractivity (Wildman–Crippen MR) is 87.7 cm³/mol. The first kappa shape index (κ1) is 15.7. The highest BCUT2D eigenvalue weighted by molar-refractivity contribution is 6.34. The summed E-state index contributed by atoms with van der Waals surface area (Å²) >= 11 is 6.16. The minimum absolute atomic E-state index is 0.127. The van der Waals surface area contributed by atoms with Gasteiger partial charge in [0.05, 0.1) is 16.9 Å². The van der Waals surface area contributed by atoms with Crippen LogP contribution in [0.3, 0.4) is 0 Å². The van der Waals surface area contributed by atoms with E-state index >= 15 is 0 Å². The zero-order chi connectivity index (χ0) is 16.4. The largest absolute Gasteiger partial charge is 0.355 e. The standard InChI is InChI=1S/C15H19ClN6O/c1-10-13(16)14(21(2)20-10)15(23)19-11-3-7-22(8-4-11)12-9-17-5-6-18-12/h5-6,9,11H,3-4,7-8H2,1-2H3,(H,19,23). The van der Waals surface area contributed by atoms with Crippen molar-refractivity contribution in [2.24, 2.45) is 7.05 Å². The number of anilines is 1. The lowest BCUT2D eigenvalue weighted by molar-refractivity contribution is 0.0921. The van der Waals surface area contributed by atoms with Crippen molar-refractivity contribution in [2.75, 3.05) is 18.0 Å². The summed E-state index contributed by atoms with van der Waals surface area (Å²) in [4.78, 5) is 23.0. The second-order valence-electron chi connectivity index (χ2n) is 5.67. The van der Waals surface area contributed by atoms with E-state index in [0.717, 1.165) is 31.7 Å². The van der Waals surface area contributed by atoms with E-state index in [1.54, 1.807) is 32.6 Å². The predicted octanol–water partition coefficient (Wildman–Crippen LogP) is 1.57. The van der Waals surface area contributed by atoms with E-state index in [2.05, 4.69) is 25.3 Å². The molecule has 2 aromatic heterocycles. The van der Waals surface area contributed by atoms with Gasteiger partial charge in [-0.25, -0.2) is 4.98 Å². The van der Waals surface area contributed by atoms with E-state index in [-0.39, 0.29) is 11.9 Å². The van der Waals surface area contributed by atoms with Gasteiger partial charge in [-0.15, -0.1) is 0 Å². The van der Waals surface area contributed by atoms with Crippen LogP contribution in [0.4, 0.5) is 5.82 Å². The van der Waals surface area contributed by atoms with Gasteiger partial charge in [-0.1, -0.05) is 11.6 Å². The molecule has 7 nitrogen and oxygen atoms in total. The molecular formula is C15H19ClN6O. The Morgan fingerprint density at radius 1 is 1.35 bits per heavy atom. The third-order valence-corrected chi connectivity index (χ3v) is 4.52. The highest BCUT2D eigenvalue weighted by Crippen LogP contribution is 2.21. The molecule has 1 saturated heterocycles. The second kappa shape index (κ2) is 6.54. The summed E-state index contributed by atoms with van der Waals surface area (Å²) in [6, 6.07) is 0.127. The first-order valence-electron chi connectivity index (χ1n) is 7.57. The maximum absolute atomic E-state index is 12.4. The number of rotatable bonds is 3. The zero-order valence-corrected chi connectivity index (χ0v) is 13.9. The number of nitrogens with zero attached hydrogens (tertiary/aromatic N) is 5. The smallest absolute Gasteiger partial charge is 0.271 e. The molecule has 0 unspecified atom stereocenters. The Morgan fingerprint density at radius 2 is 2.09 bits per heavy atom. The number of carbonyl (C=O) groups excluding carboxylic acids is 1. The number of amides is 1. The van der Waals surface area contributed by atoms with Crippen LogP contribution in [0.1, 0.15) is 29.0 Å². The number of aryl methyl sites for hydroxylation is 2. The second-order valence-corrected chi connectivity index (χ2v) is 6.05. The van der Waals surface area contributed by atoms with Crippen LogP contribution in [0.5, 0.6) is 0 Å². The number of hydrogen-bond donors (Lipinski definition) is 1. The molecule has 3 heterocycles. The summed E-state index contributed by atoms with van der Waals surface area (Å²) in [7, 11) is 1.73. The Hall–Kier alpha value is -2.15. The molecule has 1 aliphatic rings. The third kappa shape index (κ3) is 3.29. The number of carbonyl (C=O) groups is 1. The summed E-state index contributed by atoms with van der Waals surface area (Å²) in [5.74, 6) is 0.707. The Kier molecular flexibility index (Phi) is 4.47. The summed E-state index contributed by atoms with van der Waals surface area (Å²) in [6.45, 7) is 3.46. The number of halogens is 1. The maximum Gasteiger partial charge on any atom is 0.271 e. The van der Waals surface area contributed by atoms with E-state index in [4.69, 9.17) is 11.6 Å². The number of nitrogens with one attached hydrogen (secondary N) is 1. The summed E-state index contributed by atoms with van der Waals surface area (Å²) in [6.07, 6.45) is 6.83. The van der Waals surface area contributed by atoms with Gasteiger partial charge in [0.2, 0.25) is 0 Å². The van der Waals surface area contributed by atoms with Gasteiger partial charge < -0.3 is 10.2 Å². The maximum atomic E-state index is 12.4. The van der Waals surface area contributed by atoms with E-state index in [1.165, 1.54) is 4.68 Å². The molecule has 0 saturated carbocycles. The van der Waals surface area contributed by atoms with Gasteiger partial charge in [0.25, 0.3) is 5.91 Å². The van der Waals surface area contributed by atoms with Crippen molar-refractivity contribution < 1.29 is 4.79 Å². The van der Waals surface area contributed by atoms with Crippen molar-refractivity contribution >= 4 is 23.3 Å². The van der Waals surface area contributed by atoms with Crippen LogP contribution in [0.2, 0.25) is 5.02 Å². The van der Waals surface area contributed by atoms with Crippen molar-refractivity contribution in [3.63, 3.8) is 0 Å². The Balaban J connectivity index is 1.59. The van der Waals surface area contributed by atoms with Crippen LogP contribution in [0, 0.1) is 6.92 Å². The minimum atomic E-state index is -0.170. The van der Waals surface area contributed by atoms with Crippen LogP contribution in [-0.4, -0.2) is 44.8 Å². The van der Waals surface area contributed by atoms with E-state index in [1.807, 2.05) is 0 Å². The van der Waals surface area contributed by atoms with Crippen molar-refractivity contribution in [1.29, 1.82) is 0 Å². The van der Waals surface area contributed by atoms with Crippen molar-refractivity contribution in [3.05, 3.63) is 35.0 Å². The molecule has 122 valence electrons. The van der Waals surface area contributed by atoms with E-state index in [0.29, 0.717) is 16.4 Å². The van der Waals surface area contributed by atoms with Crippen LogP contribution >= 0.6 is 11.6 Å². The molecule has 0 atom stereocenters. The van der Waals surface area contributed by atoms with Crippen molar-refractivity contribution in [1.82, 2.24) is 25.1 Å². The molecule has 1 amide bonds. The molecule has 0 radical (unpaired) electrons. The van der Waals surface area contributed by atoms with Crippen LogP contribution in [0.15, 0.2) is 18.6 Å².